The molecule has 0 saturated carbocycles. The highest BCUT2D eigenvalue weighted by Gasteiger charge is 2.22. The molecular weight excluding hydrogens is 294 g/mol. The van der Waals surface area contributed by atoms with Crippen molar-refractivity contribution in [2.75, 3.05) is 25.0 Å². The van der Waals surface area contributed by atoms with Crippen molar-refractivity contribution in [1.82, 2.24) is 29.4 Å². The molecule has 3 heterocycles. The molecule has 1 N–H and O–H groups in total. The number of nitrogens with one attached hydrogen (secondary N) is 1. The van der Waals surface area contributed by atoms with Crippen LogP contribution in [0.4, 0.5) is 5.82 Å². The van der Waals surface area contributed by atoms with Crippen LogP contribution in [0.5, 0.6) is 0 Å². The summed E-state index contributed by atoms with van der Waals surface area (Å²) >= 11 is 0. The molecule has 0 spiro atoms. The highest BCUT2D eigenvalue weighted by molar-refractivity contribution is 5.91. The fourth-order valence-electron chi connectivity index (χ4n) is 3.15. The summed E-state index contributed by atoms with van der Waals surface area (Å²) in [6.45, 7) is 5.07. The molecule has 1 fully saturated rings. The van der Waals surface area contributed by atoms with Crippen molar-refractivity contribution >= 4 is 11.7 Å². The molecule has 1 amide bonds. The summed E-state index contributed by atoms with van der Waals surface area (Å²) in [5.41, 5.74) is 0.897. The molecule has 0 radical (unpaired) electrons. The molecule has 1 atom stereocenters. The molecule has 1 unspecified atom stereocenters. The Bertz CT molecular complexity index is 649. The summed E-state index contributed by atoms with van der Waals surface area (Å²) < 4.78 is 3.56. The van der Waals surface area contributed by atoms with E-state index in [1.165, 1.54) is 6.42 Å². The lowest BCUT2D eigenvalue weighted by Crippen LogP contribution is -2.41. The van der Waals surface area contributed by atoms with Gasteiger partial charge >= 0.3 is 0 Å². The Morgan fingerprint density at radius 1 is 1.48 bits per heavy atom. The predicted octanol–water partition coefficient (Wildman–Crippen LogP) is 0.671. The van der Waals surface area contributed by atoms with Gasteiger partial charge in [0.1, 0.15) is 18.5 Å². The van der Waals surface area contributed by atoms with Crippen LogP contribution in [-0.2, 0) is 18.4 Å². The summed E-state index contributed by atoms with van der Waals surface area (Å²) in [7, 11) is 1.83. The van der Waals surface area contributed by atoms with Crippen LogP contribution in [0.3, 0.4) is 0 Å². The quantitative estimate of drug-likeness (QED) is 0.876. The number of carbonyl (C=O) groups excluding carboxylic acids is 1. The van der Waals surface area contributed by atoms with E-state index in [-0.39, 0.29) is 5.91 Å². The highest BCUT2D eigenvalue weighted by atomic mass is 16.2. The van der Waals surface area contributed by atoms with Crippen LogP contribution < -0.4 is 5.32 Å². The SMILES string of the molecule is Cc1cc(NC(=O)CN2CCCC(Cn3cncn3)C2)n(C)n1. The first-order chi connectivity index (χ1) is 11.1. The molecule has 0 aromatic carbocycles. The molecule has 8 nitrogen and oxygen atoms in total. The van der Waals surface area contributed by atoms with Crippen LogP contribution >= 0.6 is 0 Å². The number of aryl methyl sites for hydroxylation is 2. The first-order valence-corrected chi connectivity index (χ1v) is 7.95. The number of hydrogen-bond donors (Lipinski definition) is 1. The van der Waals surface area contributed by atoms with Crippen LogP contribution in [0.2, 0.25) is 0 Å². The normalized spacial score (nSPS) is 19.0. The molecule has 1 saturated heterocycles. The van der Waals surface area contributed by atoms with Crippen molar-refractivity contribution in [1.29, 1.82) is 0 Å². The van der Waals surface area contributed by atoms with E-state index in [9.17, 15) is 4.79 Å². The third-order valence-corrected chi connectivity index (χ3v) is 4.15. The minimum absolute atomic E-state index is 0.00871. The van der Waals surface area contributed by atoms with Crippen molar-refractivity contribution < 1.29 is 4.79 Å². The van der Waals surface area contributed by atoms with E-state index < -0.39 is 0 Å². The second-order valence-corrected chi connectivity index (χ2v) is 6.20. The molecule has 1 aliphatic rings. The number of nitrogens with zero attached hydrogens (tertiary/aromatic N) is 6. The number of hydrogen-bond acceptors (Lipinski definition) is 5. The van der Waals surface area contributed by atoms with E-state index in [0.29, 0.717) is 12.5 Å². The van der Waals surface area contributed by atoms with Gasteiger partial charge in [0.2, 0.25) is 5.91 Å². The minimum Gasteiger partial charge on any atom is -0.310 e. The molecular formula is C15H23N7O. The van der Waals surface area contributed by atoms with Gasteiger partial charge in [-0.1, -0.05) is 0 Å². The number of carbonyl (C=O) groups is 1. The van der Waals surface area contributed by atoms with E-state index in [1.807, 2.05) is 24.7 Å². The number of rotatable bonds is 5. The van der Waals surface area contributed by atoms with Crippen molar-refractivity contribution in [2.24, 2.45) is 13.0 Å². The van der Waals surface area contributed by atoms with Gasteiger partial charge in [0.05, 0.1) is 12.2 Å². The minimum atomic E-state index is 0.00871. The van der Waals surface area contributed by atoms with E-state index in [0.717, 1.165) is 37.6 Å². The fraction of sp³-hybridized carbons (Fsp3) is 0.600. The molecule has 1 aliphatic heterocycles. The zero-order chi connectivity index (χ0) is 16.2. The second kappa shape index (κ2) is 6.91. The van der Waals surface area contributed by atoms with Crippen LogP contribution in [0, 0.1) is 12.8 Å². The molecule has 0 aliphatic carbocycles. The van der Waals surface area contributed by atoms with Crippen molar-refractivity contribution in [3.63, 3.8) is 0 Å². The topological polar surface area (TPSA) is 80.9 Å². The lowest BCUT2D eigenvalue weighted by atomic mass is 9.98. The summed E-state index contributed by atoms with van der Waals surface area (Å²) in [6.07, 6.45) is 5.58. The lowest BCUT2D eigenvalue weighted by molar-refractivity contribution is -0.117. The summed E-state index contributed by atoms with van der Waals surface area (Å²) in [4.78, 5) is 18.4. The van der Waals surface area contributed by atoms with Gasteiger partial charge in [0.15, 0.2) is 0 Å². The lowest BCUT2D eigenvalue weighted by Gasteiger charge is -2.32. The van der Waals surface area contributed by atoms with E-state index in [1.54, 1.807) is 17.3 Å². The average molecular weight is 317 g/mol. The first-order valence-electron chi connectivity index (χ1n) is 7.95. The Morgan fingerprint density at radius 2 is 2.35 bits per heavy atom. The smallest absolute Gasteiger partial charge is 0.239 e. The van der Waals surface area contributed by atoms with Gasteiger partial charge in [0.25, 0.3) is 0 Å². The number of aromatic nitrogens is 5. The monoisotopic (exact) mass is 317 g/mol. The number of anilines is 1. The maximum Gasteiger partial charge on any atom is 0.239 e. The molecule has 2 aromatic heterocycles. The van der Waals surface area contributed by atoms with Gasteiger partial charge in [-0.2, -0.15) is 10.2 Å². The third kappa shape index (κ3) is 4.16. The molecule has 3 rings (SSSR count). The number of piperidine rings is 1. The molecule has 8 heteroatoms. The Kier molecular flexibility index (Phi) is 4.71. The van der Waals surface area contributed by atoms with E-state index in [4.69, 9.17) is 0 Å². The van der Waals surface area contributed by atoms with E-state index in [2.05, 4.69) is 25.4 Å². The van der Waals surface area contributed by atoms with Gasteiger partial charge in [-0.25, -0.2) is 4.98 Å². The zero-order valence-corrected chi connectivity index (χ0v) is 13.6. The van der Waals surface area contributed by atoms with Gasteiger partial charge in [-0.15, -0.1) is 0 Å². The van der Waals surface area contributed by atoms with Crippen LogP contribution in [-0.4, -0.2) is 55.0 Å². The number of amides is 1. The van der Waals surface area contributed by atoms with Crippen LogP contribution in [0.1, 0.15) is 18.5 Å². The molecule has 124 valence electrons. The fourth-order valence-corrected chi connectivity index (χ4v) is 3.15. The summed E-state index contributed by atoms with van der Waals surface area (Å²) in [5.74, 6) is 1.26. The maximum absolute atomic E-state index is 12.2. The van der Waals surface area contributed by atoms with Crippen molar-refractivity contribution in [3.05, 3.63) is 24.4 Å². The van der Waals surface area contributed by atoms with Gasteiger partial charge in [-0.3, -0.25) is 19.1 Å². The van der Waals surface area contributed by atoms with Crippen molar-refractivity contribution in [2.45, 2.75) is 26.3 Å². The molecule has 0 bridgehead atoms. The Morgan fingerprint density at radius 3 is 3.04 bits per heavy atom. The third-order valence-electron chi connectivity index (χ3n) is 4.15. The second-order valence-electron chi connectivity index (χ2n) is 6.20. The largest absolute Gasteiger partial charge is 0.310 e. The number of likely N-dealkylation sites (tertiary alicyclic amines) is 1. The van der Waals surface area contributed by atoms with Gasteiger partial charge in [0, 0.05) is 26.2 Å². The maximum atomic E-state index is 12.2. The average Bonchev–Trinajstić information content (AvgIpc) is 3.09. The van der Waals surface area contributed by atoms with Crippen molar-refractivity contribution in [3.8, 4) is 0 Å². The van der Waals surface area contributed by atoms with Crippen LogP contribution in [0.25, 0.3) is 0 Å². The molecule has 23 heavy (non-hydrogen) atoms. The highest BCUT2D eigenvalue weighted by Crippen LogP contribution is 2.18. The standard InChI is InChI=1S/C15H23N7O/c1-12-6-14(20(2)19-12)18-15(23)9-21-5-3-4-13(7-21)8-22-11-16-10-17-22/h6,10-11,13H,3-5,7-9H2,1-2H3,(H,18,23). The summed E-state index contributed by atoms with van der Waals surface area (Å²) in [6, 6.07) is 1.88. The summed E-state index contributed by atoms with van der Waals surface area (Å²) in [5, 5.41) is 11.3. The van der Waals surface area contributed by atoms with Crippen LogP contribution in [0.15, 0.2) is 18.7 Å². The van der Waals surface area contributed by atoms with Gasteiger partial charge in [-0.05, 0) is 32.2 Å². The Labute approximate surface area is 135 Å². The van der Waals surface area contributed by atoms with Gasteiger partial charge < -0.3 is 5.32 Å². The Hall–Kier alpha value is -2.22. The molecule has 2 aromatic rings. The Balaban J connectivity index is 1.50. The zero-order valence-electron chi connectivity index (χ0n) is 13.6. The predicted molar refractivity (Wildman–Crippen MR) is 85.8 cm³/mol. The first kappa shape index (κ1) is 15.7. The van der Waals surface area contributed by atoms with E-state index >= 15 is 0 Å².